The fourth-order valence-electron chi connectivity index (χ4n) is 3.81. The lowest BCUT2D eigenvalue weighted by Crippen LogP contribution is -2.46. The minimum atomic E-state index is -0.0961. The van der Waals surface area contributed by atoms with Crippen molar-refractivity contribution < 1.29 is 14.0 Å². The molecule has 1 aliphatic heterocycles. The Labute approximate surface area is 179 Å². The van der Waals surface area contributed by atoms with Crippen LogP contribution >= 0.6 is 11.3 Å². The zero-order chi connectivity index (χ0) is 21.3. The number of amides is 2. The zero-order valence-corrected chi connectivity index (χ0v) is 18.2. The molecule has 3 heterocycles. The highest BCUT2D eigenvalue weighted by Gasteiger charge is 2.27. The Morgan fingerprint density at radius 1 is 1.17 bits per heavy atom. The first-order valence-corrected chi connectivity index (χ1v) is 10.9. The number of thiazole rings is 1. The largest absolute Gasteiger partial charge is 0.459 e. The monoisotopic (exact) mass is 423 g/mol. The molecule has 3 aromatic rings. The van der Waals surface area contributed by atoms with Gasteiger partial charge in [0.25, 0.3) is 11.8 Å². The van der Waals surface area contributed by atoms with Crippen LogP contribution < -0.4 is 5.32 Å². The summed E-state index contributed by atoms with van der Waals surface area (Å²) in [6, 6.07) is 9.70. The van der Waals surface area contributed by atoms with Gasteiger partial charge >= 0.3 is 0 Å². The second kappa shape index (κ2) is 8.44. The lowest BCUT2D eigenvalue weighted by Gasteiger charge is -2.31. The topological polar surface area (TPSA) is 75.4 Å². The molecular formula is C23H25N3O3S. The van der Waals surface area contributed by atoms with Gasteiger partial charge in [-0.25, -0.2) is 4.98 Å². The van der Waals surface area contributed by atoms with E-state index in [0.29, 0.717) is 23.7 Å². The van der Waals surface area contributed by atoms with E-state index in [4.69, 9.17) is 4.42 Å². The Balaban J connectivity index is 1.39. The predicted molar refractivity (Wildman–Crippen MR) is 117 cm³/mol. The van der Waals surface area contributed by atoms with Gasteiger partial charge in [-0.2, -0.15) is 0 Å². The van der Waals surface area contributed by atoms with Crippen molar-refractivity contribution >= 4 is 23.2 Å². The molecule has 2 amide bonds. The van der Waals surface area contributed by atoms with E-state index in [1.807, 2.05) is 6.92 Å². The van der Waals surface area contributed by atoms with Gasteiger partial charge in [0.05, 0.1) is 12.0 Å². The Hall–Kier alpha value is -2.93. The van der Waals surface area contributed by atoms with E-state index >= 15 is 0 Å². The molecule has 0 atom stereocenters. The van der Waals surface area contributed by atoms with Gasteiger partial charge in [-0.15, -0.1) is 11.3 Å². The molecule has 1 aliphatic rings. The number of piperidine rings is 1. The van der Waals surface area contributed by atoms with Crippen molar-refractivity contribution in [1.82, 2.24) is 15.2 Å². The van der Waals surface area contributed by atoms with Crippen molar-refractivity contribution in [3.63, 3.8) is 0 Å². The van der Waals surface area contributed by atoms with Crippen molar-refractivity contribution in [2.75, 3.05) is 13.1 Å². The van der Waals surface area contributed by atoms with Crippen LogP contribution in [0.3, 0.4) is 0 Å². The summed E-state index contributed by atoms with van der Waals surface area (Å²) in [7, 11) is 0. The number of nitrogens with zero attached hydrogens (tertiary/aromatic N) is 2. The number of carbonyl (C=O) groups is 2. The molecule has 0 spiro atoms. The van der Waals surface area contributed by atoms with Gasteiger partial charge in [-0.1, -0.05) is 23.8 Å². The van der Waals surface area contributed by atoms with Crippen LogP contribution in [0.25, 0.3) is 10.6 Å². The van der Waals surface area contributed by atoms with Gasteiger partial charge in [0.1, 0.15) is 9.88 Å². The SMILES string of the molecule is Cc1ccc(-c2nc(C)c(C(=O)NC3CCN(C(=O)c4ccco4)CC3)s2)c(C)c1. The lowest BCUT2D eigenvalue weighted by molar-refractivity contribution is 0.0667. The van der Waals surface area contributed by atoms with Crippen LogP contribution in [0.1, 0.15) is 49.9 Å². The van der Waals surface area contributed by atoms with Crippen molar-refractivity contribution in [2.45, 2.75) is 39.7 Å². The fourth-order valence-corrected chi connectivity index (χ4v) is 4.87. The third-order valence-corrected chi connectivity index (χ3v) is 6.65. The van der Waals surface area contributed by atoms with Gasteiger partial charge in [-0.3, -0.25) is 9.59 Å². The van der Waals surface area contributed by atoms with Crippen molar-refractivity contribution in [3.05, 3.63) is 64.1 Å². The average Bonchev–Trinajstić information content (AvgIpc) is 3.38. The van der Waals surface area contributed by atoms with Crippen molar-refractivity contribution in [2.24, 2.45) is 0 Å². The summed E-state index contributed by atoms with van der Waals surface area (Å²) in [5.41, 5.74) is 4.18. The summed E-state index contributed by atoms with van der Waals surface area (Å²) >= 11 is 1.43. The Morgan fingerprint density at radius 2 is 1.93 bits per heavy atom. The Morgan fingerprint density at radius 3 is 2.60 bits per heavy atom. The highest BCUT2D eigenvalue weighted by atomic mass is 32.1. The fraction of sp³-hybridized carbons (Fsp3) is 0.348. The second-order valence-electron chi connectivity index (χ2n) is 7.77. The molecule has 0 unspecified atom stereocenters. The zero-order valence-electron chi connectivity index (χ0n) is 17.4. The quantitative estimate of drug-likeness (QED) is 0.676. The third-order valence-electron chi connectivity index (χ3n) is 5.46. The first-order valence-electron chi connectivity index (χ1n) is 10.1. The molecule has 2 aromatic heterocycles. The van der Waals surface area contributed by atoms with Crippen molar-refractivity contribution in [3.8, 4) is 10.6 Å². The lowest BCUT2D eigenvalue weighted by atomic mass is 10.0. The molecule has 0 bridgehead atoms. The summed E-state index contributed by atoms with van der Waals surface area (Å²) in [5.74, 6) is 0.176. The number of aromatic nitrogens is 1. The average molecular weight is 424 g/mol. The van der Waals surface area contributed by atoms with Gasteiger partial charge in [0.15, 0.2) is 5.76 Å². The van der Waals surface area contributed by atoms with Crippen LogP contribution in [0.4, 0.5) is 0 Å². The molecule has 4 rings (SSSR count). The maximum atomic E-state index is 12.9. The first-order chi connectivity index (χ1) is 14.4. The maximum absolute atomic E-state index is 12.9. The molecule has 0 aliphatic carbocycles. The Bertz CT molecular complexity index is 1060. The van der Waals surface area contributed by atoms with Gasteiger partial charge in [0, 0.05) is 24.7 Å². The predicted octanol–water partition coefficient (Wildman–Crippen LogP) is 4.36. The molecule has 30 heavy (non-hydrogen) atoms. The molecule has 156 valence electrons. The van der Waals surface area contributed by atoms with E-state index in [1.54, 1.807) is 17.0 Å². The minimum Gasteiger partial charge on any atom is -0.459 e. The molecule has 1 fully saturated rings. The van der Waals surface area contributed by atoms with Crippen LogP contribution in [0.5, 0.6) is 0 Å². The van der Waals surface area contributed by atoms with Crippen LogP contribution in [0.2, 0.25) is 0 Å². The van der Waals surface area contributed by atoms with E-state index in [1.165, 1.54) is 23.2 Å². The Kier molecular flexibility index (Phi) is 5.72. The van der Waals surface area contributed by atoms with Crippen LogP contribution in [-0.4, -0.2) is 40.8 Å². The smallest absolute Gasteiger partial charge is 0.289 e. The second-order valence-corrected chi connectivity index (χ2v) is 8.77. The van der Waals surface area contributed by atoms with Gasteiger partial charge in [0.2, 0.25) is 0 Å². The standard InChI is InChI=1S/C23H25N3O3S/c1-14-6-7-18(15(2)13-14)22-24-16(3)20(30-22)21(27)25-17-8-10-26(11-9-17)23(28)19-5-4-12-29-19/h4-7,12-13,17H,8-11H2,1-3H3,(H,25,27). The molecule has 6 nitrogen and oxygen atoms in total. The number of hydrogen-bond acceptors (Lipinski definition) is 5. The van der Waals surface area contributed by atoms with Crippen LogP contribution in [0.15, 0.2) is 41.0 Å². The summed E-state index contributed by atoms with van der Waals surface area (Å²) < 4.78 is 5.20. The molecule has 0 saturated carbocycles. The van der Waals surface area contributed by atoms with E-state index in [9.17, 15) is 9.59 Å². The minimum absolute atomic E-state index is 0.0456. The number of likely N-dealkylation sites (tertiary alicyclic amines) is 1. The number of furan rings is 1. The molecule has 1 saturated heterocycles. The number of hydrogen-bond donors (Lipinski definition) is 1. The van der Waals surface area contributed by atoms with Gasteiger partial charge in [-0.05, 0) is 51.3 Å². The molecule has 1 aromatic carbocycles. The highest BCUT2D eigenvalue weighted by molar-refractivity contribution is 7.17. The molecule has 1 N–H and O–H groups in total. The van der Waals surface area contributed by atoms with E-state index in [0.717, 1.165) is 34.7 Å². The first kappa shape index (κ1) is 20.3. The number of rotatable bonds is 4. The summed E-state index contributed by atoms with van der Waals surface area (Å²) in [6.45, 7) is 7.20. The number of aryl methyl sites for hydroxylation is 3. The van der Waals surface area contributed by atoms with E-state index < -0.39 is 0 Å². The molecular weight excluding hydrogens is 398 g/mol. The van der Waals surface area contributed by atoms with Crippen LogP contribution in [-0.2, 0) is 0 Å². The summed E-state index contributed by atoms with van der Waals surface area (Å²) in [5, 5.41) is 4.00. The maximum Gasteiger partial charge on any atom is 0.289 e. The number of benzene rings is 1. The van der Waals surface area contributed by atoms with E-state index in [2.05, 4.69) is 42.3 Å². The summed E-state index contributed by atoms with van der Waals surface area (Å²) in [4.78, 5) is 32.3. The number of carbonyl (C=O) groups excluding carboxylic acids is 2. The van der Waals surface area contributed by atoms with E-state index in [-0.39, 0.29) is 17.9 Å². The van der Waals surface area contributed by atoms with Gasteiger partial charge < -0.3 is 14.6 Å². The number of nitrogens with one attached hydrogen (secondary N) is 1. The third kappa shape index (κ3) is 4.16. The highest BCUT2D eigenvalue weighted by Crippen LogP contribution is 2.31. The normalized spacial score (nSPS) is 14.7. The van der Waals surface area contributed by atoms with Crippen molar-refractivity contribution in [1.29, 1.82) is 0 Å². The molecule has 0 radical (unpaired) electrons. The summed E-state index contributed by atoms with van der Waals surface area (Å²) in [6.07, 6.45) is 2.95. The molecule has 7 heteroatoms. The van der Waals surface area contributed by atoms with Crippen LogP contribution in [0, 0.1) is 20.8 Å².